The summed E-state index contributed by atoms with van der Waals surface area (Å²) >= 11 is 0. The molecule has 0 aliphatic carbocycles. The topological polar surface area (TPSA) is 92.3 Å². The van der Waals surface area contributed by atoms with Crippen molar-refractivity contribution in [3.05, 3.63) is 78.6 Å². The zero-order valence-corrected chi connectivity index (χ0v) is 17.1. The molecule has 3 N–H and O–H groups in total. The van der Waals surface area contributed by atoms with Gasteiger partial charge in [-0.25, -0.2) is 4.79 Å². The number of pyridine rings is 1. The predicted octanol–water partition coefficient (Wildman–Crippen LogP) is 5.42. The lowest BCUT2D eigenvalue weighted by molar-refractivity contribution is 0.0636. The largest absolute Gasteiger partial charge is 0.444 e. The fourth-order valence-electron chi connectivity index (χ4n) is 2.61. The van der Waals surface area contributed by atoms with E-state index in [0.717, 1.165) is 11.4 Å². The number of nitrogens with one attached hydrogen (secondary N) is 3. The molecule has 0 atom stereocenters. The van der Waals surface area contributed by atoms with Gasteiger partial charge in [0.2, 0.25) is 0 Å². The number of benzene rings is 2. The maximum atomic E-state index is 12.6. The molecule has 0 saturated heterocycles. The van der Waals surface area contributed by atoms with E-state index in [-0.39, 0.29) is 5.91 Å². The fraction of sp³-hybridized carbons (Fsp3) is 0.174. The molecule has 154 valence electrons. The van der Waals surface area contributed by atoms with Gasteiger partial charge in [0.05, 0.1) is 0 Å². The molecule has 7 nitrogen and oxygen atoms in total. The lowest BCUT2D eigenvalue weighted by Crippen LogP contribution is -2.27. The van der Waals surface area contributed by atoms with Crippen LogP contribution in [0.2, 0.25) is 0 Å². The number of aromatic nitrogens is 1. The zero-order chi connectivity index (χ0) is 21.6. The molecular formula is C23H24N4O3. The van der Waals surface area contributed by atoms with Crippen LogP contribution in [-0.2, 0) is 4.74 Å². The van der Waals surface area contributed by atoms with E-state index in [4.69, 9.17) is 4.74 Å². The van der Waals surface area contributed by atoms with Crippen molar-refractivity contribution < 1.29 is 14.3 Å². The van der Waals surface area contributed by atoms with E-state index in [1.54, 1.807) is 57.4 Å². The summed E-state index contributed by atoms with van der Waals surface area (Å²) in [5.74, 6) is -0.250. The van der Waals surface area contributed by atoms with E-state index >= 15 is 0 Å². The van der Waals surface area contributed by atoms with Gasteiger partial charge in [0.1, 0.15) is 5.60 Å². The van der Waals surface area contributed by atoms with Gasteiger partial charge in [0.15, 0.2) is 0 Å². The van der Waals surface area contributed by atoms with Crippen molar-refractivity contribution >= 4 is 34.7 Å². The number of carbonyl (C=O) groups excluding carboxylic acids is 2. The Hall–Kier alpha value is -3.87. The van der Waals surface area contributed by atoms with Crippen LogP contribution in [0.5, 0.6) is 0 Å². The lowest BCUT2D eigenvalue weighted by Gasteiger charge is -2.19. The Morgan fingerprint density at radius 2 is 1.47 bits per heavy atom. The van der Waals surface area contributed by atoms with Crippen molar-refractivity contribution in [3.8, 4) is 0 Å². The summed E-state index contributed by atoms with van der Waals surface area (Å²) in [5.41, 5.74) is 2.85. The van der Waals surface area contributed by atoms with Crippen LogP contribution >= 0.6 is 0 Å². The Kier molecular flexibility index (Phi) is 6.32. The number of ether oxygens (including phenoxy) is 1. The first-order chi connectivity index (χ1) is 14.3. The van der Waals surface area contributed by atoms with E-state index in [9.17, 15) is 9.59 Å². The van der Waals surface area contributed by atoms with Crippen LogP contribution in [-0.4, -0.2) is 22.6 Å². The molecule has 3 rings (SSSR count). The molecule has 0 saturated carbocycles. The summed E-state index contributed by atoms with van der Waals surface area (Å²) in [6, 6.07) is 17.7. The molecular weight excluding hydrogens is 380 g/mol. The van der Waals surface area contributed by atoms with Gasteiger partial charge in [-0.1, -0.05) is 6.07 Å². The Bertz CT molecular complexity index is 1010. The molecule has 0 bridgehead atoms. The summed E-state index contributed by atoms with van der Waals surface area (Å²) < 4.78 is 5.21. The smallest absolute Gasteiger partial charge is 0.412 e. The molecule has 0 aliphatic rings. The Balaban J connectivity index is 1.61. The SMILES string of the molecule is CC(C)(C)OC(=O)Nc1ccc(C(=O)Nc2cccc(Nc3ccncc3)c2)cc1. The number of hydrogen-bond donors (Lipinski definition) is 3. The molecule has 0 aliphatic heterocycles. The number of amides is 2. The van der Waals surface area contributed by atoms with Crippen LogP contribution in [0, 0.1) is 0 Å². The van der Waals surface area contributed by atoms with Crippen molar-refractivity contribution in [1.29, 1.82) is 0 Å². The Morgan fingerprint density at radius 3 is 2.13 bits per heavy atom. The van der Waals surface area contributed by atoms with Crippen LogP contribution in [0.4, 0.5) is 27.5 Å². The predicted molar refractivity (Wildman–Crippen MR) is 118 cm³/mol. The van der Waals surface area contributed by atoms with Gasteiger partial charge in [-0.3, -0.25) is 15.1 Å². The number of rotatable bonds is 5. The first kappa shape index (κ1) is 20.9. The first-order valence-electron chi connectivity index (χ1n) is 9.47. The minimum absolute atomic E-state index is 0.250. The van der Waals surface area contributed by atoms with Gasteiger partial charge in [-0.15, -0.1) is 0 Å². The van der Waals surface area contributed by atoms with E-state index in [2.05, 4.69) is 20.9 Å². The zero-order valence-electron chi connectivity index (χ0n) is 17.1. The highest BCUT2D eigenvalue weighted by molar-refractivity contribution is 6.04. The third-order valence-corrected chi connectivity index (χ3v) is 3.88. The third-order valence-electron chi connectivity index (χ3n) is 3.88. The summed E-state index contributed by atoms with van der Waals surface area (Å²) in [7, 11) is 0. The normalized spacial score (nSPS) is 10.8. The average molecular weight is 404 g/mol. The van der Waals surface area contributed by atoms with Gasteiger partial charge in [0, 0.05) is 40.7 Å². The molecule has 1 heterocycles. The van der Waals surface area contributed by atoms with Crippen molar-refractivity contribution in [2.45, 2.75) is 26.4 Å². The molecule has 0 fully saturated rings. The number of nitrogens with zero attached hydrogens (tertiary/aromatic N) is 1. The number of hydrogen-bond acceptors (Lipinski definition) is 5. The van der Waals surface area contributed by atoms with Crippen LogP contribution in [0.15, 0.2) is 73.1 Å². The molecule has 2 aromatic carbocycles. The van der Waals surface area contributed by atoms with Crippen molar-refractivity contribution in [3.63, 3.8) is 0 Å². The van der Waals surface area contributed by atoms with Gasteiger partial charge < -0.3 is 15.4 Å². The van der Waals surface area contributed by atoms with Crippen LogP contribution in [0.3, 0.4) is 0 Å². The standard InChI is InChI=1S/C23H24N4O3/c1-23(2,3)30-22(29)27-17-9-7-16(8-10-17)21(28)26-20-6-4-5-19(15-20)25-18-11-13-24-14-12-18/h4-15H,1-3H3,(H,24,25)(H,26,28)(H,27,29). The minimum Gasteiger partial charge on any atom is -0.444 e. The minimum atomic E-state index is -0.579. The molecule has 30 heavy (non-hydrogen) atoms. The molecule has 7 heteroatoms. The van der Waals surface area contributed by atoms with Crippen LogP contribution in [0.25, 0.3) is 0 Å². The molecule has 0 radical (unpaired) electrons. The highest BCUT2D eigenvalue weighted by Gasteiger charge is 2.16. The van der Waals surface area contributed by atoms with E-state index in [1.165, 1.54) is 0 Å². The summed E-state index contributed by atoms with van der Waals surface area (Å²) in [6.07, 6.45) is 2.86. The molecule has 1 aromatic heterocycles. The highest BCUT2D eigenvalue weighted by atomic mass is 16.6. The van der Waals surface area contributed by atoms with Gasteiger partial charge in [0.25, 0.3) is 5.91 Å². The van der Waals surface area contributed by atoms with Crippen molar-refractivity contribution in [2.24, 2.45) is 0 Å². The molecule has 2 amide bonds. The molecule has 0 unspecified atom stereocenters. The Morgan fingerprint density at radius 1 is 0.800 bits per heavy atom. The molecule has 3 aromatic rings. The second kappa shape index (κ2) is 9.09. The highest BCUT2D eigenvalue weighted by Crippen LogP contribution is 2.20. The maximum Gasteiger partial charge on any atom is 0.412 e. The van der Waals surface area contributed by atoms with E-state index in [0.29, 0.717) is 16.9 Å². The Labute approximate surface area is 175 Å². The number of anilines is 4. The fourth-order valence-corrected chi connectivity index (χ4v) is 2.61. The van der Waals surface area contributed by atoms with Crippen molar-refractivity contribution in [1.82, 2.24) is 4.98 Å². The van der Waals surface area contributed by atoms with Crippen LogP contribution < -0.4 is 16.0 Å². The van der Waals surface area contributed by atoms with Crippen molar-refractivity contribution in [2.75, 3.05) is 16.0 Å². The van der Waals surface area contributed by atoms with Gasteiger partial charge >= 0.3 is 6.09 Å². The van der Waals surface area contributed by atoms with E-state index < -0.39 is 11.7 Å². The third kappa shape index (κ3) is 6.34. The monoisotopic (exact) mass is 404 g/mol. The quantitative estimate of drug-likeness (QED) is 0.528. The summed E-state index contributed by atoms with van der Waals surface area (Å²) in [4.78, 5) is 28.4. The molecule has 0 spiro atoms. The number of carbonyl (C=O) groups is 2. The average Bonchev–Trinajstić information content (AvgIpc) is 2.68. The lowest BCUT2D eigenvalue weighted by atomic mass is 10.2. The van der Waals surface area contributed by atoms with Gasteiger partial charge in [-0.2, -0.15) is 0 Å². The first-order valence-corrected chi connectivity index (χ1v) is 9.47. The van der Waals surface area contributed by atoms with Gasteiger partial charge in [-0.05, 0) is 75.4 Å². The summed E-state index contributed by atoms with van der Waals surface area (Å²) in [6.45, 7) is 5.38. The van der Waals surface area contributed by atoms with Crippen LogP contribution in [0.1, 0.15) is 31.1 Å². The summed E-state index contributed by atoms with van der Waals surface area (Å²) in [5, 5.41) is 8.77. The van der Waals surface area contributed by atoms with E-state index in [1.807, 2.05) is 36.4 Å². The second-order valence-electron chi connectivity index (χ2n) is 7.60. The maximum absolute atomic E-state index is 12.6. The second-order valence-corrected chi connectivity index (χ2v) is 7.60.